The van der Waals surface area contributed by atoms with Crippen LogP contribution in [0.3, 0.4) is 0 Å². The second-order valence-electron chi connectivity index (χ2n) is 4.60. The predicted molar refractivity (Wildman–Crippen MR) is 65.3 cm³/mol. The minimum atomic E-state index is -0.615. The molecule has 1 N–H and O–H groups in total. The minimum Gasteiger partial charge on any atom is -0.347 e. The van der Waals surface area contributed by atoms with Crippen LogP contribution in [-0.4, -0.2) is 16.4 Å². The first kappa shape index (κ1) is 13.4. The fourth-order valence-electron chi connectivity index (χ4n) is 1.24. The van der Waals surface area contributed by atoms with Crippen LogP contribution in [0.1, 0.15) is 31.1 Å². The fraction of sp³-hybridized carbons (Fsp3) is 0.364. The van der Waals surface area contributed by atoms with Gasteiger partial charge in [0.1, 0.15) is 5.02 Å². The van der Waals surface area contributed by atoms with Gasteiger partial charge < -0.3 is 5.32 Å². The lowest BCUT2D eigenvalue weighted by molar-refractivity contribution is -0.384. The van der Waals surface area contributed by atoms with E-state index in [1.165, 1.54) is 18.2 Å². The van der Waals surface area contributed by atoms with Gasteiger partial charge in [0, 0.05) is 11.6 Å². The number of hydrogen-bond donors (Lipinski definition) is 1. The second kappa shape index (κ2) is 4.71. The molecule has 1 aromatic carbocycles. The molecule has 0 heterocycles. The van der Waals surface area contributed by atoms with Crippen molar-refractivity contribution in [2.75, 3.05) is 0 Å². The van der Waals surface area contributed by atoms with Crippen molar-refractivity contribution in [3.05, 3.63) is 38.9 Å². The van der Waals surface area contributed by atoms with Gasteiger partial charge >= 0.3 is 0 Å². The standard InChI is InChI=1S/C11H13ClN2O3/c1-11(2,3)13-10(15)7-5-4-6-8(9(7)12)14(16)17/h4-6H,1-3H3,(H,13,15). The fourth-order valence-corrected chi connectivity index (χ4v) is 1.52. The van der Waals surface area contributed by atoms with Gasteiger partial charge in [-0.3, -0.25) is 14.9 Å². The molecule has 0 spiro atoms. The van der Waals surface area contributed by atoms with Gasteiger partial charge in [-0.1, -0.05) is 17.7 Å². The highest BCUT2D eigenvalue weighted by atomic mass is 35.5. The molecule has 0 atom stereocenters. The molecule has 92 valence electrons. The maximum Gasteiger partial charge on any atom is 0.288 e. The van der Waals surface area contributed by atoms with Gasteiger partial charge in [-0.15, -0.1) is 0 Å². The van der Waals surface area contributed by atoms with Crippen LogP contribution in [0, 0.1) is 10.1 Å². The van der Waals surface area contributed by atoms with Gasteiger partial charge in [0.2, 0.25) is 0 Å². The van der Waals surface area contributed by atoms with Crippen LogP contribution in [0.2, 0.25) is 5.02 Å². The second-order valence-corrected chi connectivity index (χ2v) is 4.98. The summed E-state index contributed by atoms with van der Waals surface area (Å²) < 4.78 is 0. The topological polar surface area (TPSA) is 72.2 Å². The van der Waals surface area contributed by atoms with E-state index in [-0.39, 0.29) is 16.3 Å². The lowest BCUT2D eigenvalue weighted by Gasteiger charge is -2.20. The van der Waals surface area contributed by atoms with E-state index in [0.717, 1.165) is 0 Å². The van der Waals surface area contributed by atoms with Crippen LogP contribution in [0.25, 0.3) is 0 Å². The maximum atomic E-state index is 11.8. The summed E-state index contributed by atoms with van der Waals surface area (Å²) in [5, 5.41) is 13.2. The zero-order valence-corrected chi connectivity index (χ0v) is 10.5. The van der Waals surface area contributed by atoms with E-state index in [4.69, 9.17) is 11.6 Å². The number of nitro benzene ring substituents is 1. The number of amides is 1. The van der Waals surface area contributed by atoms with Crippen molar-refractivity contribution < 1.29 is 9.72 Å². The van der Waals surface area contributed by atoms with Crippen LogP contribution in [0.15, 0.2) is 18.2 Å². The van der Waals surface area contributed by atoms with Gasteiger partial charge in [0.15, 0.2) is 0 Å². The van der Waals surface area contributed by atoms with Crippen molar-refractivity contribution in [2.24, 2.45) is 0 Å². The third kappa shape index (κ3) is 3.42. The lowest BCUT2D eigenvalue weighted by Crippen LogP contribution is -2.40. The third-order valence-corrected chi connectivity index (χ3v) is 2.31. The Kier molecular flexibility index (Phi) is 3.72. The highest BCUT2D eigenvalue weighted by molar-refractivity contribution is 6.35. The molecule has 0 aliphatic carbocycles. The van der Waals surface area contributed by atoms with Gasteiger partial charge in [0.05, 0.1) is 10.5 Å². The summed E-state index contributed by atoms with van der Waals surface area (Å²) >= 11 is 5.82. The van der Waals surface area contributed by atoms with E-state index in [9.17, 15) is 14.9 Å². The molecule has 0 aliphatic rings. The van der Waals surface area contributed by atoms with Crippen molar-refractivity contribution >= 4 is 23.2 Å². The smallest absolute Gasteiger partial charge is 0.288 e. The molecule has 0 saturated carbocycles. The van der Waals surface area contributed by atoms with Crippen LogP contribution in [0.5, 0.6) is 0 Å². The van der Waals surface area contributed by atoms with E-state index in [1.54, 1.807) is 0 Å². The summed E-state index contributed by atoms with van der Waals surface area (Å²) in [6.45, 7) is 5.45. The summed E-state index contributed by atoms with van der Waals surface area (Å²) in [4.78, 5) is 21.9. The van der Waals surface area contributed by atoms with Gasteiger partial charge in [-0.2, -0.15) is 0 Å². The van der Waals surface area contributed by atoms with Crippen molar-refractivity contribution in [3.63, 3.8) is 0 Å². The summed E-state index contributed by atoms with van der Waals surface area (Å²) in [5.41, 5.74) is -0.589. The van der Waals surface area contributed by atoms with Crippen LogP contribution in [-0.2, 0) is 0 Å². The van der Waals surface area contributed by atoms with Crippen molar-refractivity contribution in [3.8, 4) is 0 Å². The first-order valence-corrected chi connectivity index (χ1v) is 5.35. The Morgan fingerprint density at radius 3 is 2.47 bits per heavy atom. The van der Waals surface area contributed by atoms with Crippen LogP contribution >= 0.6 is 11.6 Å². The van der Waals surface area contributed by atoms with E-state index in [1.807, 2.05) is 20.8 Å². The predicted octanol–water partition coefficient (Wildman–Crippen LogP) is 2.78. The molecule has 17 heavy (non-hydrogen) atoms. The largest absolute Gasteiger partial charge is 0.347 e. The number of nitro groups is 1. The molecule has 1 rings (SSSR count). The van der Waals surface area contributed by atoms with E-state index in [2.05, 4.69) is 5.32 Å². The molecule has 0 bridgehead atoms. The number of nitrogens with one attached hydrogen (secondary N) is 1. The molecule has 0 aliphatic heterocycles. The number of carbonyl (C=O) groups is 1. The Balaban J connectivity index is 3.11. The van der Waals surface area contributed by atoms with Crippen molar-refractivity contribution in [2.45, 2.75) is 26.3 Å². The molecular weight excluding hydrogens is 244 g/mol. The zero-order chi connectivity index (χ0) is 13.2. The maximum absolute atomic E-state index is 11.8. The molecule has 6 heteroatoms. The molecule has 5 nitrogen and oxygen atoms in total. The summed E-state index contributed by atoms with van der Waals surface area (Å²) in [6.07, 6.45) is 0. The van der Waals surface area contributed by atoms with E-state index < -0.39 is 16.4 Å². The first-order valence-electron chi connectivity index (χ1n) is 4.98. The van der Waals surface area contributed by atoms with Crippen molar-refractivity contribution in [1.82, 2.24) is 5.32 Å². The Morgan fingerprint density at radius 2 is 2.00 bits per heavy atom. The zero-order valence-electron chi connectivity index (χ0n) is 9.78. The van der Waals surface area contributed by atoms with Gasteiger partial charge in [-0.05, 0) is 26.8 Å². The number of benzene rings is 1. The Bertz CT molecular complexity index is 466. The van der Waals surface area contributed by atoms with E-state index in [0.29, 0.717) is 0 Å². The van der Waals surface area contributed by atoms with E-state index >= 15 is 0 Å². The van der Waals surface area contributed by atoms with Crippen LogP contribution in [0.4, 0.5) is 5.69 Å². The number of hydrogen-bond acceptors (Lipinski definition) is 3. The third-order valence-electron chi connectivity index (χ3n) is 1.91. The summed E-state index contributed by atoms with van der Waals surface area (Å²) in [6, 6.07) is 4.15. The van der Waals surface area contributed by atoms with Crippen molar-refractivity contribution in [1.29, 1.82) is 0 Å². The first-order chi connectivity index (χ1) is 7.72. The monoisotopic (exact) mass is 256 g/mol. The molecule has 0 unspecified atom stereocenters. The SMILES string of the molecule is CC(C)(C)NC(=O)c1cccc([N+](=O)[O-])c1Cl. The highest BCUT2D eigenvalue weighted by Crippen LogP contribution is 2.27. The quantitative estimate of drug-likeness (QED) is 0.653. The molecule has 1 amide bonds. The molecule has 0 fully saturated rings. The number of carbonyl (C=O) groups excluding carboxylic acids is 1. The van der Waals surface area contributed by atoms with Gasteiger partial charge in [0.25, 0.3) is 11.6 Å². The average Bonchev–Trinajstić information content (AvgIpc) is 2.14. The minimum absolute atomic E-state index is 0.107. The van der Waals surface area contributed by atoms with Crippen LogP contribution < -0.4 is 5.32 Å². The average molecular weight is 257 g/mol. The number of nitrogens with zero attached hydrogens (tertiary/aromatic N) is 1. The van der Waals surface area contributed by atoms with Gasteiger partial charge in [-0.25, -0.2) is 0 Å². The molecule has 1 aromatic rings. The lowest BCUT2D eigenvalue weighted by atomic mass is 10.1. The summed E-state index contributed by atoms with van der Waals surface area (Å²) in [7, 11) is 0. The molecule has 0 aromatic heterocycles. The Hall–Kier alpha value is -1.62. The highest BCUT2D eigenvalue weighted by Gasteiger charge is 2.22. The molecule has 0 radical (unpaired) electrons. The Morgan fingerprint density at radius 1 is 1.41 bits per heavy atom. The molecular formula is C11H13ClN2O3. The number of rotatable bonds is 2. The number of halogens is 1. The summed E-state index contributed by atoms with van der Waals surface area (Å²) in [5.74, 6) is -0.425. The molecule has 0 saturated heterocycles. The normalized spacial score (nSPS) is 11.1. The Labute approximate surface area is 104 Å².